The average molecular weight is 310 g/mol. The first-order valence-corrected chi connectivity index (χ1v) is 7.13. The summed E-state index contributed by atoms with van der Waals surface area (Å²) in [6.45, 7) is 12.2. The highest BCUT2D eigenvalue weighted by Crippen LogP contribution is 2.19. The molecule has 0 saturated carbocycles. The zero-order valence-electron chi connectivity index (χ0n) is 13.8. The second kappa shape index (κ2) is 9.02. The lowest BCUT2D eigenvalue weighted by molar-refractivity contribution is -0.147. The summed E-state index contributed by atoms with van der Waals surface area (Å²) in [5.74, 6) is -1.50. The smallest absolute Gasteiger partial charge is 0.328 e. The number of hydrogen-bond donors (Lipinski definition) is 2. The van der Waals surface area contributed by atoms with Gasteiger partial charge in [0, 0.05) is 6.92 Å². The Balaban J connectivity index is 5.48. The van der Waals surface area contributed by atoms with Gasteiger partial charge in [0.15, 0.2) is 0 Å². The summed E-state index contributed by atoms with van der Waals surface area (Å²) in [7, 11) is 1.26. The first-order valence-electron chi connectivity index (χ1n) is 7.13. The molecule has 0 fully saturated rings. The van der Waals surface area contributed by atoms with Gasteiger partial charge in [0.25, 0.3) is 0 Å². The van der Waals surface area contributed by atoms with E-state index >= 15 is 0 Å². The number of nitrogens with one attached hydrogen (secondary N) is 2. The number of esters is 1. The number of hydrogen-bond acceptors (Lipinski definition) is 4. The number of methoxy groups -OCH3 is 1. The number of carbonyl (C=O) groups excluding carboxylic acids is 3. The van der Waals surface area contributed by atoms with Crippen molar-refractivity contribution in [3.05, 3.63) is 25.3 Å². The van der Waals surface area contributed by atoms with Crippen LogP contribution >= 0.6 is 0 Å². The number of amides is 2. The highest BCUT2D eigenvalue weighted by atomic mass is 16.5. The molecule has 0 unspecified atom stereocenters. The molecule has 0 aromatic rings. The van der Waals surface area contributed by atoms with Crippen molar-refractivity contribution in [1.82, 2.24) is 10.6 Å². The van der Waals surface area contributed by atoms with Crippen molar-refractivity contribution in [2.75, 3.05) is 7.11 Å². The van der Waals surface area contributed by atoms with Gasteiger partial charge >= 0.3 is 5.97 Å². The summed E-state index contributed by atoms with van der Waals surface area (Å²) in [6, 6.07) is -0.791. The van der Waals surface area contributed by atoms with E-state index in [9.17, 15) is 14.4 Å². The molecule has 0 aromatic heterocycles. The van der Waals surface area contributed by atoms with Crippen LogP contribution in [0.2, 0.25) is 0 Å². The summed E-state index contributed by atoms with van der Waals surface area (Å²) >= 11 is 0. The van der Waals surface area contributed by atoms with Gasteiger partial charge in [0.1, 0.15) is 11.6 Å². The summed E-state index contributed by atoms with van der Waals surface area (Å²) < 4.78 is 4.71. The molecule has 2 N–H and O–H groups in total. The molecule has 0 heterocycles. The zero-order valence-corrected chi connectivity index (χ0v) is 13.8. The Morgan fingerprint density at radius 1 is 1.18 bits per heavy atom. The van der Waals surface area contributed by atoms with E-state index in [4.69, 9.17) is 4.74 Å². The molecule has 0 saturated heterocycles. The molecule has 22 heavy (non-hydrogen) atoms. The largest absolute Gasteiger partial charge is 0.467 e. The lowest BCUT2D eigenvalue weighted by atomic mass is 9.88. The maximum Gasteiger partial charge on any atom is 0.328 e. The first kappa shape index (κ1) is 19.9. The van der Waals surface area contributed by atoms with Gasteiger partial charge in [-0.1, -0.05) is 26.0 Å². The predicted octanol–water partition coefficient (Wildman–Crippen LogP) is 1.33. The van der Waals surface area contributed by atoms with E-state index in [1.807, 2.05) is 0 Å². The van der Waals surface area contributed by atoms with Crippen LogP contribution < -0.4 is 10.6 Å². The minimum Gasteiger partial charge on any atom is -0.467 e. The topological polar surface area (TPSA) is 84.5 Å². The number of ether oxygens (including phenoxy) is 1. The fraction of sp³-hybridized carbons (Fsp3) is 0.562. The van der Waals surface area contributed by atoms with E-state index in [1.165, 1.54) is 14.0 Å². The molecule has 0 spiro atoms. The van der Waals surface area contributed by atoms with Crippen molar-refractivity contribution >= 4 is 17.8 Å². The van der Waals surface area contributed by atoms with Crippen LogP contribution in [0.3, 0.4) is 0 Å². The van der Waals surface area contributed by atoms with Crippen LogP contribution in [0, 0.1) is 5.92 Å². The third-order valence-corrected chi connectivity index (χ3v) is 3.24. The van der Waals surface area contributed by atoms with Gasteiger partial charge in [0.2, 0.25) is 11.8 Å². The molecule has 0 radical (unpaired) electrons. The van der Waals surface area contributed by atoms with Gasteiger partial charge in [0.05, 0.1) is 7.11 Å². The lowest BCUT2D eigenvalue weighted by Gasteiger charge is -2.33. The Hall–Kier alpha value is -2.11. The Morgan fingerprint density at radius 2 is 1.68 bits per heavy atom. The van der Waals surface area contributed by atoms with Crippen molar-refractivity contribution in [2.24, 2.45) is 5.92 Å². The molecule has 0 aliphatic heterocycles. The molecule has 2 amide bonds. The van der Waals surface area contributed by atoms with Crippen LogP contribution in [-0.4, -0.2) is 36.5 Å². The molecule has 0 rings (SSSR count). The van der Waals surface area contributed by atoms with Crippen molar-refractivity contribution < 1.29 is 19.1 Å². The summed E-state index contributed by atoms with van der Waals surface area (Å²) in [5.41, 5.74) is -1.21. The summed E-state index contributed by atoms with van der Waals surface area (Å²) in [5, 5.41) is 5.31. The van der Waals surface area contributed by atoms with Gasteiger partial charge in [-0.25, -0.2) is 4.79 Å². The standard InChI is InChI=1S/C16H26N2O4/c1-7-9-16(10-8-2,18-12(5)19)15(21)17-13(11(3)4)14(20)22-6/h7-8,11,13H,1-2,9-10H2,3-6H3,(H,17,21)(H,18,19)/t13-/m0/s1. The molecule has 1 atom stereocenters. The minimum atomic E-state index is -1.21. The molecule has 0 aliphatic rings. The van der Waals surface area contributed by atoms with Crippen molar-refractivity contribution in [3.8, 4) is 0 Å². The second-order valence-electron chi connectivity index (χ2n) is 5.47. The van der Waals surface area contributed by atoms with E-state index in [2.05, 4.69) is 23.8 Å². The fourth-order valence-electron chi connectivity index (χ4n) is 2.16. The van der Waals surface area contributed by atoms with E-state index in [0.717, 1.165) is 0 Å². The Bertz CT molecular complexity index is 433. The van der Waals surface area contributed by atoms with Crippen molar-refractivity contribution in [1.29, 1.82) is 0 Å². The molecule has 0 aromatic carbocycles. The molecule has 6 nitrogen and oxygen atoms in total. The average Bonchev–Trinajstić information content (AvgIpc) is 2.42. The molecular weight excluding hydrogens is 284 g/mol. The number of rotatable bonds is 9. The summed E-state index contributed by atoms with van der Waals surface area (Å²) in [6.07, 6.45) is 3.52. The summed E-state index contributed by atoms with van der Waals surface area (Å²) in [4.78, 5) is 35.9. The monoisotopic (exact) mass is 310 g/mol. The van der Waals surface area contributed by atoms with Gasteiger partial charge in [-0.2, -0.15) is 0 Å². The fourth-order valence-corrected chi connectivity index (χ4v) is 2.16. The SMILES string of the molecule is C=CCC(CC=C)(NC(C)=O)C(=O)N[C@H](C(=O)OC)C(C)C. The molecule has 124 valence electrons. The van der Waals surface area contributed by atoms with Crippen LogP contribution in [0.4, 0.5) is 0 Å². The van der Waals surface area contributed by atoms with E-state index in [1.54, 1.807) is 26.0 Å². The minimum absolute atomic E-state index is 0.154. The Morgan fingerprint density at radius 3 is 2.00 bits per heavy atom. The first-order chi connectivity index (χ1) is 10.2. The third kappa shape index (κ3) is 5.35. The van der Waals surface area contributed by atoms with Gasteiger partial charge in [-0.05, 0) is 18.8 Å². The predicted molar refractivity (Wildman–Crippen MR) is 85.0 cm³/mol. The molecule has 0 bridgehead atoms. The van der Waals surface area contributed by atoms with Crippen molar-refractivity contribution in [3.63, 3.8) is 0 Å². The Labute approximate surface area is 132 Å². The number of carbonyl (C=O) groups is 3. The quantitative estimate of drug-likeness (QED) is 0.497. The highest BCUT2D eigenvalue weighted by Gasteiger charge is 2.39. The second-order valence-corrected chi connectivity index (χ2v) is 5.47. The zero-order chi connectivity index (χ0) is 17.3. The van der Waals surface area contributed by atoms with Crippen LogP contribution in [0.15, 0.2) is 25.3 Å². The highest BCUT2D eigenvalue weighted by molar-refractivity contribution is 5.94. The van der Waals surface area contributed by atoms with Crippen LogP contribution in [-0.2, 0) is 19.1 Å². The van der Waals surface area contributed by atoms with Gasteiger partial charge in [-0.15, -0.1) is 13.2 Å². The molecule has 6 heteroatoms. The maximum absolute atomic E-state index is 12.7. The van der Waals surface area contributed by atoms with Crippen LogP contribution in [0.25, 0.3) is 0 Å². The van der Waals surface area contributed by atoms with E-state index < -0.39 is 23.5 Å². The van der Waals surface area contributed by atoms with E-state index in [0.29, 0.717) is 0 Å². The normalized spacial score (nSPS) is 12.2. The Kier molecular flexibility index (Phi) is 8.15. The molecular formula is C16H26N2O4. The lowest BCUT2D eigenvalue weighted by Crippen LogP contribution is -2.61. The van der Waals surface area contributed by atoms with Crippen molar-refractivity contribution in [2.45, 2.75) is 45.2 Å². The van der Waals surface area contributed by atoms with E-state index in [-0.39, 0.29) is 24.7 Å². The molecule has 0 aliphatic carbocycles. The van der Waals surface area contributed by atoms with Gasteiger partial charge in [-0.3, -0.25) is 9.59 Å². The van der Waals surface area contributed by atoms with Gasteiger partial charge < -0.3 is 15.4 Å². The third-order valence-electron chi connectivity index (χ3n) is 3.24. The van der Waals surface area contributed by atoms with Crippen LogP contribution in [0.5, 0.6) is 0 Å². The van der Waals surface area contributed by atoms with Crippen LogP contribution in [0.1, 0.15) is 33.6 Å². The maximum atomic E-state index is 12.7.